The fourth-order valence-electron chi connectivity index (χ4n) is 7.40. The molecule has 2 aromatic carbocycles. The number of carbonyl (C=O) groups excluding carboxylic acids is 3. The number of piperazine rings is 1. The van der Waals surface area contributed by atoms with Gasteiger partial charge in [0.2, 0.25) is 11.8 Å². The van der Waals surface area contributed by atoms with E-state index in [9.17, 15) is 28.9 Å². The summed E-state index contributed by atoms with van der Waals surface area (Å²) in [5, 5.41) is 15.7. The van der Waals surface area contributed by atoms with Crippen molar-refractivity contribution < 1.29 is 23.7 Å². The molecule has 1 aliphatic carbocycles. The smallest absolute Gasteiger partial charge is 0.269 e. The van der Waals surface area contributed by atoms with Crippen LogP contribution in [-0.4, -0.2) is 78.9 Å². The lowest BCUT2D eigenvalue weighted by Crippen LogP contribution is -2.52. The number of non-ortho nitro benzene ring substituents is 1. The van der Waals surface area contributed by atoms with E-state index in [4.69, 9.17) is 0 Å². The summed E-state index contributed by atoms with van der Waals surface area (Å²) in [7, 11) is 0. The topological polar surface area (TPSA) is 128 Å². The van der Waals surface area contributed by atoms with Crippen molar-refractivity contribution in [3.05, 3.63) is 64.0 Å². The van der Waals surface area contributed by atoms with Crippen molar-refractivity contribution in [3.63, 3.8) is 0 Å². The molecule has 0 aromatic heterocycles. The molecule has 11 nitrogen and oxygen atoms in total. The quantitative estimate of drug-likeness (QED) is 0.290. The highest BCUT2D eigenvalue weighted by molar-refractivity contribution is 6.04. The molecule has 6 rings (SSSR count). The van der Waals surface area contributed by atoms with Crippen LogP contribution in [0.1, 0.15) is 61.7 Å². The number of nitrogens with one attached hydrogen (secondary N) is 2. The molecule has 4 fully saturated rings. The van der Waals surface area contributed by atoms with Crippen molar-refractivity contribution in [2.45, 2.75) is 63.5 Å². The highest BCUT2D eigenvalue weighted by Crippen LogP contribution is 2.46. The van der Waals surface area contributed by atoms with E-state index in [1.165, 1.54) is 31.7 Å². The molecule has 1 atom stereocenters. The summed E-state index contributed by atoms with van der Waals surface area (Å²) in [6.45, 7) is 5.51. The largest absolute Gasteiger partial charge is 0.371 e. The lowest BCUT2D eigenvalue weighted by molar-refractivity contribution is -0.384. The molecule has 2 aromatic rings. The second-order valence-electron chi connectivity index (χ2n) is 12.7. The van der Waals surface area contributed by atoms with Crippen LogP contribution < -0.4 is 20.4 Å². The number of imide groups is 1. The van der Waals surface area contributed by atoms with Crippen LogP contribution in [0, 0.1) is 21.3 Å². The van der Waals surface area contributed by atoms with Crippen LogP contribution in [0.25, 0.3) is 0 Å². The van der Waals surface area contributed by atoms with Gasteiger partial charge in [-0.2, -0.15) is 0 Å². The Kier molecular flexibility index (Phi) is 8.53. The van der Waals surface area contributed by atoms with Gasteiger partial charge in [0.05, 0.1) is 10.5 Å². The van der Waals surface area contributed by atoms with Gasteiger partial charge in [0.1, 0.15) is 11.9 Å². The normalized spacial score (nSPS) is 23.0. The maximum Gasteiger partial charge on any atom is 0.269 e. The van der Waals surface area contributed by atoms with Crippen LogP contribution in [0.3, 0.4) is 0 Å². The standard InChI is InChI=1S/C32H39FN6O5/c33-27-6-5-25(21-26(27)30(41)34-28-7-8-29(40)35-31(28)42)36-15-13-32(14-16-36)11-9-23(10-12-32)38-19-17-37(18-20-38)22-1-3-24(4-2-22)39(43)44/h1-6,21,23,28H,7-20H2,(H,34,41)(H,35,40,42). The Bertz CT molecular complexity index is 1410. The van der Waals surface area contributed by atoms with Gasteiger partial charge in [0.25, 0.3) is 11.6 Å². The Hall–Kier alpha value is -4.06. The lowest BCUT2D eigenvalue weighted by Gasteiger charge is -2.49. The van der Waals surface area contributed by atoms with Gasteiger partial charge in [-0.3, -0.25) is 34.7 Å². The monoisotopic (exact) mass is 606 g/mol. The third-order valence-electron chi connectivity index (χ3n) is 10.2. The van der Waals surface area contributed by atoms with Crippen LogP contribution >= 0.6 is 0 Å². The van der Waals surface area contributed by atoms with E-state index in [1.54, 1.807) is 24.3 Å². The van der Waals surface area contributed by atoms with Gasteiger partial charge >= 0.3 is 0 Å². The number of rotatable bonds is 6. The van der Waals surface area contributed by atoms with Gasteiger partial charge in [0.15, 0.2) is 0 Å². The van der Waals surface area contributed by atoms with Crippen LogP contribution in [0.2, 0.25) is 0 Å². The number of halogens is 1. The first-order valence-electron chi connectivity index (χ1n) is 15.6. The second-order valence-corrected chi connectivity index (χ2v) is 12.7. The average Bonchev–Trinajstić information content (AvgIpc) is 3.03. The molecule has 3 heterocycles. The van der Waals surface area contributed by atoms with Gasteiger partial charge < -0.3 is 15.1 Å². The number of benzene rings is 2. The van der Waals surface area contributed by atoms with E-state index in [0.29, 0.717) is 11.5 Å². The molecule has 12 heteroatoms. The highest BCUT2D eigenvalue weighted by Gasteiger charge is 2.40. The Morgan fingerprint density at radius 3 is 2.16 bits per heavy atom. The van der Waals surface area contributed by atoms with E-state index in [0.717, 1.165) is 63.5 Å². The van der Waals surface area contributed by atoms with E-state index in [1.807, 2.05) is 12.1 Å². The summed E-state index contributed by atoms with van der Waals surface area (Å²) in [5.41, 5.74) is 2.18. The summed E-state index contributed by atoms with van der Waals surface area (Å²) < 4.78 is 14.7. The maximum absolute atomic E-state index is 14.7. The van der Waals surface area contributed by atoms with Crippen molar-refractivity contribution in [3.8, 4) is 0 Å². The van der Waals surface area contributed by atoms with Gasteiger partial charge in [-0.25, -0.2) is 4.39 Å². The summed E-state index contributed by atoms with van der Waals surface area (Å²) >= 11 is 0. The first-order chi connectivity index (χ1) is 21.2. The van der Waals surface area contributed by atoms with Crippen molar-refractivity contribution >= 4 is 34.8 Å². The predicted octanol–water partition coefficient (Wildman–Crippen LogP) is 3.62. The number of hydrogen-bond acceptors (Lipinski definition) is 8. The van der Waals surface area contributed by atoms with Crippen molar-refractivity contribution in [2.24, 2.45) is 5.41 Å². The zero-order valence-electron chi connectivity index (χ0n) is 24.8. The predicted molar refractivity (Wildman–Crippen MR) is 163 cm³/mol. The number of nitro benzene ring substituents is 1. The molecule has 234 valence electrons. The summed E-state index contributed by atoms with van der Waals surface area (Å²) in [6, 6.07) is 11.2. The van der Waals surface area contributed by atoms with Crippen LogP contribution in [0.4, 0.5) is 21.5 Å². The minimum Gasteiger partial charge on any atom is -0.371 e. The van der Waals surface area contributed by atoms with Gasteiger partial charge in [-0.1, -0.05) is 0 Å². The molecular formula is C32H39FN6O5. The third kappa shape index (κ3) is 6.40. The average molecular weight is 607 g/mol. The molecule has 2 N–H and O–H groups in total. The number of nitro groups is 1. The lowest BCUT2D eigenvalue weighted by atomic mass is 9.66. The Morgan fingerprint density at radius 1 is 0.886 bits per heavy atom. The zero-order valence-corrected chi connectivity index (χ0v) is 24.8. The van der Waals surface area contributed by atoms with Crippen molar-refractivity contribution in [1.29, 1.82) is 0 Å². The molecule has 3 amide bonds. The molecular weight excluding hydrogens is 567 g/mol. The van der Waals surface area contributed by atoms with Gasteiger partial charge in [-0.05, 0) is 80.7 Å². The fraction of sp³-hybridized carbons (Fsp3) is 0.531. The first kappa shape index (κ1) is 30.0. The molecule has 0 bridgehead atoms. The van der Waals surface area contributed by atoms with Gasteiger partial charge in [-0.15, -0.1) is 0 Å². The molecule has 3 saturated heterocycles. The van der Waals surface area contributed by atoms with Crippen molar-refractivity contribution in [2.75, 3.05) is 49.1 Å². The molecule has 3 aliphatic heterocycles. The van der Waals surface area contributed by atoms with E-state index in [2.05, 4.69) is 25.3 Å². The first-order valence-corrected chi connectivity index (χ1v) is 15.6. The highest BCUT2D eigenvalue weighted by atomic mass is 19.1. The van der Waals surface area contributed by atoms with E-state index >= 15 is 0 Å². The maximum atomic E-state index is 14.7. The number of anilines is 2. The van der Waals surface area contributed by atoms with Crippen molar-refractivity contribution in [1.82, 2.24) is 15.5 Å². The number of piperidine rings is 2. The van der Waals surface area contributed by atoms with E-state index < -0.39 is 23.7 Å². The number of hydrogen-bond donors (Lipinski definition) is 2. The molecule has 1 unspecified atom stereocenters. The SMILES string of the molecule is O=C1CCC(NC(=O)c2cc(N3CCC4(CCC(N5CCN(c6ccc([N+](=O)[O-])cc6)CC5)CC4)CC3)ccc2F)C(=O)N1. The Balaban J connectivity index is 0.982. The fourth-order valence-corrected chi connectivity index (χ4v) is 7.40. The Labute approximate surface area is 255 Å². The zero-order chi connectivity index (χ0) is 30.8. The molecule has 1 saturated carbocycles. The summed E-state index contributed by atoms with van der Waals surface area (Å²) in [5.74, 6) is -2.23. The van der Waals surface area contributed by atoms with E-state index in [-0.39, 0.29) is 34.9 Å². The van der Waals surface area contributed by atoms with Gasteiger partial charge in [0, 0.05) is 75.2 Å². The Morgan fingerprint density at radius 2 is 1.52 bits per heavy atom. The summed E-state index contributed by atoms with van der Waals surface area (Å²) in [6.07, 6.45) is 7.19. The summed E-state index contributed by atoms with van der Waals surface area (Å²) in [4.78, 5) is 54.0. The minimum atomic E-state index is -0.854. The second kappa shape index (κ2) is 12.5. The third-order valence-corrected chi connectivity index (χ3v) is 10.2. The molecule has 0 radical (unpaired) electrons. The number of carbonyl (C=O) groups is 3. The van der Waals surface area contributed by atoms with Crippen LogP contribution in [-0.2, 0) is 9.59 Å². The van der Waals surface area contributed by atoms with Crippen LogP contribution in [0.5, 0.6) is 0 Å². The minimum absolute atomic E-state index is 0.0957. The molecule has 4 aliphatic rings. The number of amides is 3. The van der Waals surface area contributed by atoms with Crippen LogP contribution in [0.15, 0.2) is 42.5 Å². The molecule has 1 spiro atoms. The number of nitrogens with zero attached hydrogens (tertiary/aromatic N) is 4. The molecule has 44 heavy (non-hydrogen) atoms.